The van der Waals surface area contributed by atoms with E-state index in [9.17, 15) is 4.79 Å². The molecule has 0 aliphatic rings. The van der Waals surface area contributed by atoms with Crippen molar-refractivity contribution >= 4 is 34.2 Å². The SMILES string of the molecule is Cc1ccc(-c2oc3cc(C)ccc3c(=O)c2OCc2ccc(Cl)c(Cl)c2)cc1. The molecule has 0 saturated carbocycles. The van der Waals surface area contributed by atoms with Gasteiger partial charge in [-0.15, -0.1) is 0 Å². The van der Waals surface area contributed by atoms with Crippen LogP contribution in [0.4, 0.5) is 0 Å². The molecule has 4 rings (SSSR count). The maximum atomic E-state index is 13.2. The molecule has 29 heavy (non-hydrogen) atoms. The smallest absolute Gasteiger partial charge is 0.235 e. The van der Waals surface area contributed by atoms with E-state index in [1.165, 1.54) is 0 Å². The zero-order valence-electron chi connectivity index (χ0n) is 16.0. The van der Waals surface area contributed by atoms with Crippen LogP contribution < -0.4 is 10.2 Å². The normalized spacial score (nSPS) is 11.0. The first kappa shape index (κ1) is 19.6. The first-order chi connectivity index (χ1) is 13.9. The van der Waals surface area contributed by atoms with E-state index in [1.807, 2.05) is 56.3 Å². The van der Waals surface area contributed by atoms with E-state index in [-0.39, 0.29) is 17.8 Å². The van der Waals surface area contributed by atoms with Crippen molar-refractivity contribution in [2.45, 2.75) is 20.5 Å². The Morgan fingerprint density at radius 2 is 1.59 bits per heavy atom. The molecule has 0 spiro atoms. The average Bonchev–Trinajstić information content (AvgIpc) is 2.70. The van der Waals surface area contributed by atoms with Gasteiger partial charge in [0.2, 0.25) is 11.2 Å². The first-order valence-corrected chi connectivity index (χ1v) is 9.89. The first-order valence-electron chi connectivity index (χ1n) is 9.13. The summed E-state index contributed by atoms with van der Waals surface area (Å²) >= 11 is 12.1. The molecule has 0 fully saturated rings. The summed E-state index contributed by atoms with van der Waals surface area (Å²) in [6.07, 6.45) is 0. The van der Waals surface area contributed by atoms with Gasteiger partial charge in [-0.05, 0) is 49.2 Å². The maximum Gasteiger partial charge on any atom is 0.235 e. The van der Waals surface area contributed by atoms with Gasteiger partial charge in [-0.1, -0.05) is 65.2 Å². The lowest BCUT2D eigenvalue weighted by Gasteiger charge is -2.12. The van der Waals surface area contributed by atoms with E-state index in [1.54, 1.807) is 18.2 Å². The van der Waals surface area contributed by atoms with Gasteiger partial charge in [0.1, 0.15) is 12.2 Å². The molecule has 0 radical (unpaired) electrons. The van der Waals surface area contributed by atoms with Crippen LogP contribution in [0.3, 0.4) is 0 Å². The molecule has 1 heterocycles. The van der Waals surface area contributed by atoms with Gasteiger partial charge in [0.25, 0.3) is 0 Å². The van der Waals surface area contributed by atoms with Gasteiger partial charge in [0.05, 0.1) is 15.4 Å². The topological polar surface area (TPSA) is 39.4 Å². The van der Waals surface area contributed by atoms with Gasteiger partial charge >= 0.3 is 0 Å². The van der Waals surface area contributed by atoms with Crippen LogP contribution in [0.5, 0.6) is 5.75 Å². The Morgan fingerprint density at radius 1 is 0.862 bits per heavy atom. The van der Waals surface area contributed by atoms with Crippen LogP contribution in [0.2, 0.25) is 10.0 Å². The number of hydrogen-bond donors (Lipinski definition) is 0. The van der Waals surface area contributed by atoms with Gasteiger partial charge in [-0.3, -0.25) is 4.79 Å². The Bertz CT molecular complexity index is 1260. The summed E-state index contributed by atoms with van der Waals surface area (Å²) in [6, 6.07) is 18.5. The van der Waals surface area contributed by atoms with Gasteiger partial charge in [0, 0.05) is 5.56 Å². The second-order valence-electron chi connectivity index (χ2n) is 6.99. The lowest BCUT2D eigenvalue weighted by Crippen LogP contribution is -2.10. The highest BCUT2D eigenvalue weighted by Crippen LogP contribution is 2.32. The van der Waals surface area contributed by atoms with Crippen molar-refractivity contribution in [3.63, 3.8) is 0 Å². The Balaban J connectivity index is 1.83. The lowest BCUT2D eigenvalue weighted by molar-refractivity contribution is 0.298. The van der Waals surface area contributed by atoms with Gasteiger partial charge in [0.15, 0.2) is 5.76 Å². The van der Waals surface area contributed by atoms with Gasteiger partial charge in [-0.25, -0.2) is 0 Å². The molecule has 0 bridgehead atoms. The molecule has 0 unspecified atom stereocenters. The molecule has 3 nitrogen and oxygen atoms in total. The summed E-state index contributed by atoms with van der Waals surface area (Å²) in [7, 11) is 0. The molecule has 0 atom stereocenters. The van der Waals surface area contributed by atoms with Crippen molar-refractivity contribution in [1.82, 2.24) is 0 Å². The molecule has 4 aromatic rings. The highest BCUT2D eigenvalue weighted by atomic mass is 35.5. The van der Waals surface area contributed by atoms with E-state index in [4.69, 9.17) is 32.4 Å². The average molecular weight is 425 g/mol. The van der Waals surface area contributed by atoms with Crippen LogP contribution >= 0.6 is 23.2 Å². The number of benzene rings is 3. The number of aryl methyl sites for hydroxylation is 2. The van der Waals surface area contributed by atoms with Crippen molar-refractivity contribution in [2.75, 3.05) is 0 Å². The summed E-state index contributed by atoms with van der Waals surface area (Å²) in [5.41, 5.74) is 4.04. The molecule has 146 valence electrons. The second kappa shape index (κ2) is 7.94. The lowest BCUT2D eigenvalue weighted by atomic mass is 10.1. The Kier molecular flexibility index (Phi) is 5.35. The monoisotopic (exact) mass is 424 g/mol. The van der Waals surface area contributed by atoms with Crippen molar-refractivity contribution in [3.8, 4) is 17.1 Å². The van der Waals surface area contributed by atoms with Gasteiger partial charge < -0.3 is 9.15 Å². The van der Waals surface area contributed by atoms with Gasteiger partial charge in [-0.2, -0.15) is 0 Å². The van der Waals surface area contributed by atoms with Crippen molar-refractivity contribution in [1.29, 1.82) is 0 Å². The third kappa shape index (κ3) is 4.02. The van der Waals surface area contributed by atoms with Crippen molar-refractivity contribution < 1.29 is 9.15 Å². The van der Waals surface area contributed by atoms with E-state index in [0.717, 1.165) is 22.3 Å². The van der Waals surface area contributed by atoms with Crippen LogP contribution in [-0.4, -0.2) is 0 Å². The molecule has 3 aromatic carbocycles. The third-order valence-corrected chi connectivity index (χ3v) is 5.43. The fraction of sp³-hybridized carbons (Fsp3) is 0.125. The molecule has 0 aliphatic heterocycles. The van der Waals surface area contributed by atoms with Crippen LogP contribution in [0.1, 0.15) is 16.7 Å². The second-order valence-corrected chi connectivity index (χ2v) is 7.81. The zero-order chi connectivity index (χ0) is 20.5. The summed E-state index contributed by atoms with van der Waals surface area (Å²) in [5, 5.41) is 1.39. The quantitative estimate of drug-likeness (QED) is 0.355. The standard InChI is InChI=1S/C24H18Cl2O3/c1-14-3-7-17(8-4-14)23-24(28-13-16-6-10-19(25)20(26)12-16)22(27)18-9-5-15(2)11-21(18)29-23/h3-12H,13H2,1-2H3. The summed E-state index contributed by atoms with van der Waals surface area (Å²) < 4.78 is 12.1. The summed E-state index contributed by atoms with van der Waals surface area (Å²) in [5.74, 6) is 0.587. The Morgan fingerprint density at radius 3 is 2.31 bits per heavy atom. The summed E-state index contributed by atoms with van der Waals surface area (Å²) in [6.45, 7) is 4.13. The van der Waals surface area contributed by atoms with E-state index in [0.29, 0.717) is 26.8 Å². The highest BCUT2D eigenvalue weighted by molar-refractivity contribution is 6.42. The van der Waals surface area contributed by atoms with E-state index >= 15 is 0 Å². The molecular formula is C24H18Cl2O3. The fourth-order valence-electron chi connectivity index (χ4n) is 3.09. The number of fused-ring (bicyclic) bond motifs is 1. The third-order valence-electron chi connectivity index (χ3n) is 4.69. The molecule has 0 N–H and O–H groups in total. The van der Waals surface area contributed by atoms with Crippen LogP contribution in [0.25, 0.3) is 22.3 Å². The van der Waals surface area contributed by atoms with Crippen molar-refractivity contribution in [3.05, 3.63) is 97.6 Å². The van der Waals surface area contributed by atoms with Crippen LogP contribution in [-0.2, 0) is 6.61 Å². The highest BCUT2D eigenvalue weighted by Gasteiger charge is 2.18. The molecule has 0 amide bonds. The van der Waals surface area contributed by atoms with Crippen LogP contribution in [0.15, 0.2) is 69.9 Å². The predicted octanol–water partition coefficient (Wildman–Crippen LogP) is 6.96. The van der Waals surface area contributed by atoms with E-state index in [2.05, 4.69) is 0 Å². The molecule has 1 aromatic heterocycles. The maximum absolute atomic E-state index is 13.2. The Hall–Kier alpha value is -2.75. The largest absolute Gasteiger partial charge is 0.481 e. The minimum atomic E-state index is -0.207. The number of hydrogen-bond acceptors (Lipinski definition) is 3. The Labute approximate surface area is 178 Å². The molecule has 0 saturated heterocycles. The molecular weight excluding hydrogens is 407 g/mol. The van der Waals surface area contributed by atoms with E-state index < -0.39 is 0 Å². The number of halogens is 2. The predicted molar refractivity (Wildman–Crippen MR) is 118 cm³/mol. The molecule has 5 heteroatoms. The minimum absolute atomic E-state index is 0.165. The fourth-order valence-corrected chi connectivity index (χ4v) is 3.41. The number of rotatable bonds is 4. The van der Waals surface area contributed by atoms with Crippen LogP contribution in [0, 0.1) is 13.8 Å². The number of ether oxygens (including phenoxy) is 1. The zero-order valence-corrected chi connectivity index (χ0v) is 17.5. The van der Waals surface area contributed by atoms with Crippen molar-refractivity contribution in [2.24, 2.45) is 0 Å². The minimum Gasteiger partial charge on any atom is -0.481 e. The molecule has 0 aliphatic carbocycles. The summed E-state index contributed by atoms with van der Waals surface area (Å²) in [4.78, 5) is 13.2.